The number of rotatable bonds is 8. The van der Waals surface area contributed by atoms with Crippen LogP contribution in [-0.4, -0.2) is 33.2 Å². The zero-order valence-electron chi connectivity index (χ0n) is 21.1. The van der Waals surface area contributed by atoms with E-state index in [0.717, 1.165) is 22.1 Å². The smallest absolute Gasteiger partial charge is 0.261 e. The highest BCUT2D eigenvalue weighted by molar-refractivity contribution is 7.92. The van der Waals surface area contributed by atoms with Crippen LogP contribution in [0.25, 0.3) is 33.4 Å². The van der Waals surface area contributed by atoms with Gasteiger partial charge in [0.25, 0.3) is 10.0 Å². The van der Waals surface area contributed by atoms with E-state index in [9.17, 15) is 13.7 Å². The maximum atomic E-state index is 13.3. The average molecular weight is 546 g/mol. The lowest BCUT2D eigenvalue weighted by Gasteiger charge is -2.16. The summed E-state index contributed by atoms with van der Waals surface area (Å²) in [6, 6.07) is 27.3. The number of hydrogen-bond donors (Lipinski definition) is 2. The molecule has 0 bridgehead atoms. The highest BCUT2D eigenvalue weighted by Crippen LogP contribution is 2.29. The highest BCUT2D eigenvalue weighted by Gasteiger charge is 2.21. The molecule has 3 aromatic heterocycles. The van der Waals surface area contributed by atoms with Crippen LogP contribution in [-0.2, 0) is 10.0 Å². The molecule has 0 saturated carbocycles. The average Bonchev–Trinajstić information content (AvgIpc) is 3.67. The molecule has 0 fully saturated rings. The van der Waals surface area contributed by atoms with E-state index < -0.39 is 16.1 Å². The van der Waals surface area contributed by atoms with Crippen LogP contribution in [0.3, 0.4) is 0 Å². The van der Waals surface area contributed by atoms with Crippen LogP contribution in [0, 0.1) is 11.3 Å². The molecule has 10 heteroatoms. The minimum atomic E-state index is -3.88. The number of anilines is 1. The van der Waals surface area contributed by atoms with E-state index in [0.29, 0.717) is 22.6 Å². The lowest BCUT2D eigenvalue weighted by molar-refractivity contribution is 0.531. The molecule has 0 aliphatic carbocycles. The van der Waals surface area contributed by atoms with Gasteiger partial charge in [-0.05, 0) is 47.0 Å². The van der Waals surface area contributed by atoms with Gasteiger partial charge in [0.05, 0.1) is 35.3 Å². The van der Waals surface area contributed by atoms with Gasteiger partial charge in [-0.15, -0.1) is 0 Å². The summed E-state index contributed by atoms with van der Waals surface area (Å²) in [4.78, 5) is 11.8. The Kier molecular flexibility index (Phi) is 6.56. The highest BCUT2D eigenvalue weighted by atomic mass is 32.2. The van der Waals surface area contributed by atoms with Crippen molar-refractivity contribution in [3.8, 4) is 28.5 Å². The van der Waals surface area contributed by atoms with E-state index in [1.54, 1.807) is 47.4 Å². The zero-order valence-corrected chi connectivity index (χ0v) is 22.0. The van der Waals surface area contributed by atoms with E-state index in [1.165, 1.54) is 12.4 Å². The van der Waals surface area contributed by atoms with E-state index in [1.807, 2.05) is 54.7 Å². The number of nitrogens with zero attached hydrogens (tertiary/aromatic N) is 5. The predicted octanol–water partition coefficient (Wildman–Crippen LogP) is 5.79. The van der Waals surface area contributed by atoms with Gasteiger partial charge in [0, 0.05) is 29.0 Å². The number of sulfonamides is 1. The Morgan fingerprint density at radius 3 is 2.52 bits per heavy atom. The molecule has 0 radical (unpaired) electrons. The number of nitrogens with one attached hydrogen (secondary N) is 2. The van der Waals surface area contributed by atoms with Gasteiger partial charge >= 0.3 is 0 Å². The third-order valence-electron chi connectivity index (χ3n) is 6.63. The lowest BCUT2D eigenvalue weighted by atomic mass is 10.0. The van der Waals surface area contributed by atoms with Crippen LogP contribution in [0.5, 0.6) is 0 Å². The number of H-pyrrole nitrogens is 1. The molecular weight excluding hydrogens is 522 g/mol. The molecule has 0 aliphatic rings. The van der Waals surface area contributed by atoms with Crippen LogP contribution in [0.1, 0.15) is 18.0 Å². The fourth-order valence-corrected chi connectivity index (χ4v) is 5.76. The summed E-state index contributed by atoms with van der Waals surface area (Å²) in [6.07, 6.45) is 6.87. The first kappa shape index (κ1) is 25.0. The Labute approximate surface area is 230 Å². The van der Waals surface area contributed by atoms with Crippen molar-refractivity contribution in [1.82, 2.24) is 24.7 Å². The van der Waals surface area contributed by atoms with Gasteiger partial charge in [0.15, 0.2) is 0 Å². The van der Waals surface area contributed by atoms with Gasteiger partial charge in [0.2, 0.25) is 0 Å². The third kappa shape index (κ3) is 4.93. The Hall–Kier alpha value is -5.27. The van der Waals surface area contributed by atoms with Gasteiger partial charge in [-0.3, -0.25) is 9.40 Å². The first-order valence-corrected chi connectivity index (χ1v) is 14.0. The maximum Gasteiger partial charge on any atom is 0.261 e. The van der Waals surface area contributed by atoms with Crippen LogP contribution in [0.15, 0.2) is 115 Å². The fraction of sp³-hybridized carbons (Fsp3) is 0.0667. The fourth-order valence-electron chi connectivity index (χ4n) is 4.65. The summed E-state index contributed by atoms with van der Waals surface area (Å²) in [6.45, 7) is 0. The van der Waals surface area contributed by atoms with Crippen molar-refractivity contribution in [2.24, 2.45) is 0 Å². The Morgan fingerprint density at radius 1 is 0.925 bits per heavy atom. The molecule has 0 amide bonds. The molecule has 3 heterocycles. The molecule has 1 atom stereocenters. The molecule has 0 aliphatic heterocycles. The van der Waals surface area contributed by atoms with Crippen molar-refractivity contribution in [3.63, 3.8) is 0 Å². The molecular formula is C30H23N7O2S. The largest absolute Gasteiger partial charge is 0.346 e. The van der Waals surface area contributed by atoms with Crippen molar-refractivity contribution in [1.29, 1.82) is 5.26 Å². The van der Waals surface area contributed by atoms with Crippen molar-refractivity contribution < 1.29 is 8.42 Å². The van der Waals surface area contributed by atoms with Gasteiger partial charge in [0.1, 0.15) is 12.0 Å². The summed E-state index contributed by atoms with van der Waals surface area (Å²) in [5, 5.41) is 14.9. The minimum Gasteiger partial charge on any atom is -0.346 e. The summed E-state index contributed by atoms with van der Waals surface area (Å²) < 4.78 is 30.9. The van der Waals surface area contributed by atoms with Crippen molar-refractivity contribution in [2.45, 2.75) is 17.4 Å². The van der Waals surface area contributed by atoms with Crippen LogP contribution in [0.2, 0.25) is 0 Å². The summed E-state index contributed by atoms with van der Waals surface area (Å²) in [5.74, 6) is 0. The molecule has 9 nitrogen and oxygen atoms in total. The van der Waals surface area contributed by atoms with E-state index >= 15 is 0 Å². The molecule has 6 rings (SSSR count). The molecule has 0 spiro atoms. The second-order valence-electron chi connectivity index (χ2n) is 9.17. The van der Waals surface area contributed by atoms with Crippen LogP contribution >= 0.6 is 0 Å². The molecule has 0 saturated heterocycles. The number of benzene rings is 3. The standard InChI is InChI=1S/C30H23N7O2S/c31-15-13-28(37-19-24(18-35-37)29-27-14-16-32-30(27)34-20-33-29)23-7-4-8-26(17-23)40(38,39)36-25-11-9-22(10-12-25)21-5-2-1-3-6-21/h1-12,14,16-20,28,36H,13H2,(H,32,33,34). The molecule has 6 aromatic rings. The molecule has 196 valence electrons. The monoisotopic (exact) mass is 545 g/mol. The quantitative estimate of drug-likeness (QED) is 0.249. The first-order chi connectivity index (χ1) is 19.5. The van der Waals surface area contributed by atoms with Crippen LogP contribution in [0.4, 0.5) is 5.69 Å². The SMILES string of the molecule is N#CCC(c1cccc(S(=O)(=O)Nc2ccc(-c3ccccc3)cc2)c1)n1cc(-c2ncnc3[nH]ccc23)cn1. The summed E-state index contributed by atoms with van der Waals surface area (Å²) in [7, 11) is -3.88. The number of nitriles is 1. The van der Waals surface area contributed by atoms with E-state index in [4.69, 9.17) is 0 Å². The minimum absolute atomic E-state index is 0.0947. The zero-order chi connectivity index (χ0) is 27.5. The summed E-state index contributed by atoms with van der Waals surface area (Å²) in [5.41, 5.74) is 5.33. The number of hydrogen-bond acceptors (Lipinski definition) is 6. The van der Waals surface area contributed by atoms with E-state index in [-0.39, 0.29) is 11.3 Å². The second kappa shape index (κ2) is 10.5. The predicted molar refractivity (Wildman–Crippen MR) is 153 cm³/mol. The van der Waals surface area contributed by atoms with E-state index in [2.05, 4.69) is 30.8 Å². The van der Waals surface area contributed by atoms with Gasteiger partial charge in [-0.1, -0.05) is 54.6 Å². The topological polar surface area (TPSA) is 129 Å². The van der Waals surface area contributed by atoms with Gasteiger partial charge in [-0.2, -0.15) is 10.4 Å². The Bertz CT molecular complexity index is 1940. The number of aromatic amines is 1. The number of aromatic nitrogens is 5. The van der Waals surface area contributed by atoms with Gasteiger partial charge in [-0.25, -0.2) is 18.4 Å². The summed E-state index contributed by atoms with van der Waals surface area (Å²) >= 11 is 0. The van der Waals surface area contributed by atoms with Crippen molar-refractivity contribution >= 4 is 26.7 Å². The molecule has 1 unspecified atom stereocenters. The lowest BCUT2D eigenvalue weighted by Crippen LogP contribution is -2.15. The Morgan fingerprint density at radius 2 is 1.73 bits per heavy atom. The Balaban J connectivity index is 1.27. The second-order valence-corrected chi connectivity index (χ2v) is 10.9. The van der Waals surface area contributed by atoms with Crippen LogP contribution < -0.4 is 4.72 Å². The molecule has 2 N–H and O–H groups in total. The van der Waals surface area contributed by atoms with Gasteiger partial charge < -0.3 is 4.98 Å². The maximum absolute atomic E-state index is 13.3. The first-order valence-electron chi connectivity index (χ1n) is 12.5. The third-order valence-corrected chi connectivity index (χ3v) is 8.01. The molecule has 3 aromatic carbocycles. The number of fused-ring (bicyclic) bond motifs is 1. The van der Waals surface area contributed by atoms with Crippen molar-refractivity contribution in [2.75, 3.05) is 4.72 Å². The normalized spacial score (nSPS) is 12.2. The van der Waals surface area contributed by atoms with Crippen molar-refractivity contribution in [3.05, 3.63) is 115 Å². The molecule has 40 heavy (non-hydrogen) atoms.